The molecule has 0 atom stereocenters. The monoisotopic (exact) mass is 319 g/mol. The molecule has 0 spiro atoms. The number of nitrogens with zero attached hydrogens (tertiary/aromatic N) is 1. The van der Waals surface area contributed by atoms with Crippen LogP contribution < -0.4 is 11.1 Å². The molecule has 0 saturated carbocycles. The Morgan fingerprint density at radius 3 is 2.36 bits per heavy atom. The number of carbonyl (C=O) groups excluding carboxylic acids is 2. The van der Waals surface area contributed by atoms with Crippen molar-refractivity contribution in [3.8, 4) is 0 Å². The van der Waals surface area contributed by atoms with Gasteiger partial charge in [0.15, 0.2) is 0 Å². The highest BCUT2D eigenvalue weighted by Gasteiger charge is 2.24. The molecular formula is C14H10ClN3O4. The number of rotatable bonds is 4. The van der Waals surface area contributed by atoms with Gasteiger partial charge in [-0.1, -0.05) is 29.8 Å². The molecule has 112 valence electrons. The van der Waals surface area contributed by atoms with Crippen molar-refractivity contribution in [1.82, 2.24) is 0 Å². The maximum absolute atomic E-state index is 12.2. The number of nitrogens with one attached hydrogen (secondary N) is 1. The molecule has 22 heavy (non-hydrogen) atoms. The standard InChI is InChI=1S/C14H10ClN3O4/c15-10-6-3-5-9(12(10)18(21)22)14(20)17-11-7-2-1-4-8(11)13(16)19/h1-7H,(H2,16,19)(H,17,20). The third-order valence-electron chi connectivity index (χ3n) is 2.85. The van der Waals surface area contributed by atoms with Gasteiger partial charge in [-0.25, -0.2) is 0 Å². The fourth-order valence-corrected chi connectivity index (χ4v) is 2.12. The van der Waals surface area contributed by atoms with E-state index < -0.39 is 22.4 Å². The molecule has 2 aromatic rings. The van der Waals surface area contributed by atoms with Crippen LogP contribution in [0.4, 0.5) is 11.4 Å². The second kappa shape index (κ2) is 6.23. The van der Waals surface area contributed by atoms with Gasteiger partial charge >= 0.3 is 5.69 Å². The van der Waals surface area contributed by atoms with Crippen LogP contribution in [0.1, 0.15) is 20.7 Å². The summed E-state index contributed by atoms with van der Waals surface area (Å²) in [5, 5.41) is 13.3. The number of nitro groups is 1. The van der Waals surface area contributed by atoms with E-state index in [1.54, 1.807) is 12.1 Å². The van der Waals surface area contributed by atoms with Crippen LogP contribution in [0.5, 0.6) is 0 Å². The highest BCUT2D eigenvalue weighted by atomic mass is 35.5. The Bertz CT molecular complexity index is 776. The number of carbonyl (C=O) groups is 2. The Hall–Kier alpha value is -2.93. The Labute approximate surface area is 129 Å². The van der Waals surface area contributed by atoms with Gasteiger partial charge in [0, 0.05) is 0 Å². The smallest absolute Gasteiger partial charge is 0.300 e. The number of anilines is 1. The second-order valence-electron chi connectivity index (χ2n) is 4.26. The summed E-state index contributed by atoms with van der Waals surface area (Å²) in [6.45, 7) is 0. The van der Waals surface area contributed by atoms with E-state index in [4.69, 9.17) is 17.3 Å². The molecule has 0 saturated heterocycles. The molecule has 0 unspecified atom stereocenters. The molecule has 0 aliphatic carbocycles. The molecule has 0 aliphatic rings. The van der Waals surface area contributed by atoms with Crippen LogP contribution in [-0.2, 0) is 0 Å². The average Bonchev–Trinajstić information content (AvgIpc) is 2.46. The summed E-state index contributed by atoms with van der Waals surface area (Å²) in [5.41, 5.74) is 4.76. The molecule has 8 heteroatoms. The number of primary amides is 1. The van der Waals surface area contributed by atoms with E-state index in [9.17, 15) is 19.7 Å². The Kier molecular flexibility index (Phi) is 4.38. The summed E-state index contributed by atoms with van der Waals surface area (Å²) in [6.07, 6.45) is 0. The number of halogens is 1. The third-order valence-corrected chi connectivity index (χ3v) is 3.16. The summed E-state index contributed by atoms with van der Waals surface area (Å²) in [4.78, 5) is 33.9. The number of benzene rings is 2. The molecule has 0 bridgehead atoms. The van der Waals surface area contributed by atoms with Crippen molar-refractivity contribution in [2.45, 2.75) is 0 Å². The highest BCUT2D eigenvalue weighted by Crippen LogP contribution is 2.29. The number of nitro benzene ring substituents is 1. The fourth-order valence-electron chi connectivity index (χ4n) is 1.88. The van der Waals surface area contributed by atoms with Gasteiger partial charge in [-0.2, -0.15) is 0 Å². The fraction of sp³-hybridized carbons (Fsp3) is 0. The van der Waals surface area contributed by atoms with E-state index in [0.717, 1.165) is 0 Å². The quantitative estimate of drug-likeness (QED) is 0.665. The Balaban J connectivity index is 2.41. The van der Waals surface area contributed by atoms with E-state index in [1.165, 1.54) is 30.3 Å². The maximum atomic E-state index is 12.2. The lowest BCUT2D eigenvalue weighted by molar-refractivity contribution is -0.385. The summed E-state index contributed by atoms with van der Waals surface area (Å²) < 4.78 is 0. The first-order valence-electron chi connectivity index (χ1n) is 6.05. The van der Waals surface area contributed by atoms with Gasteiger partial charge < -0.3 is 11.1 Å². The summed E-state index contributed by atoms with van der Waals surface area (Å²) in [5.74, 6) is -1.49. The third kappa shape index (κ3) is 3.04. The van der Waals surface area contributed by atoms with Crippen molar-refractivity contribution in [2.24, 2.45) is 5.73 Å². The van der Waals surface area contributed by atoms with Crippen molar-refractivity contribution in [1.29, 1.82) is 0 Å². The van der Waals surface area contributed by atoms with E-state index in [-0.39, 0.29) is 21.8 Å². The van der Waals surface area contributed by atoms with Gasteiger partial charge in [0.2, 0.25) is 0 Å². The average molecular weight is 320 g/mol. The van der Waals surface area contributed by atoms with E-state index >= 15 is 0 Å². The topological polar surface area (TPSA) is 115 Å². The van der Waals surface area contributed by atoms with Gasteiger partial charge in [0.1, 0.15) is 10.6 Å². The zero-order valence-corrected chi connectivity index (χ0v) is 11.8. The van der Waals surface area contributed by atoms with Crippen LogP contribution in [0.3, 0.4) is 0 Å². The molecule has 0 aromatic heterocycles. The van der Waals surface area contributed by atoms with Gasteiger partial charge in [0.25, 0.3) is 11.8 Å². The van der Waals surface area contributed by atoms with Crippen LogP contribution in [0.2, 0.25) is 5.02 Å². The number of para-hydroxylation sites is 2. The molecule has 0 radical (unpaired) electrons. The van der Waals surface area contributed by atoms with Gasteiger partial charge in [-0.15, -0.1) is 0 Å². The lowest BCUT2D eigenvalue weighted by Gasteiger charge is -2.09. The molecule has 0 heterocycles. The molecule has 3 N–H and O–H groups in total. The SMILES string of the molecule is NC(=O)c1ccccc1NC(=O)c1cccc(Cl)c1[N+](=O)[O-]. The van der Waals surface area contributed by atoms with E-state index in [0.29, 0.717) is 0 Å². The molecule has 2 amide bonds. The highest BCUT2D eigenvalue weighted by molar-refractivity contribution is 6.33. The first kappa shape index (κ1) is 15.5. The van der Waals surface area contributed by atoms with Crippen LogP contribution in [0, 0.1) is 10.1 Å². The lowest BCUT2D eigenvalue weighted by atomic mass is 10.1. The van der Waals surface area contributed by atoms with E-state index in [1.807, 2.05) is 0 Å². The summed E-state index contributed by atoms with van der Waals surface area (Å²) in [7, 11) is 0. The summed E-state index contributed by atoms with van der Waals surface area (Å²) in [6, 6.07) is 10.1. The van der Waals surface area contributed by atoms with Gasteiger partial charge in [0.05, 0.1) is 16.2 Å². The molecule has 0 fully saturated rings. The number of hydrogen-bond acceptors (Lipinski definition) is 4. The predicted molar refractivity (Wildman–Crippen MR) is 81.0 cm³/mol. The first-order valence-corrected chi connectivity index (χ1v) is 6.42. The second-order valence-corrected chi connectivity index (χ2v) is 4.66. The van der Waals surface area contributed by atoms with Gasteiger partial charge in [-0.3, -0.25) is 19.7 Å². The van der Waals surface area contributed by atoms with Crippen LogP contribution in [0.25, 0.3) is 0 Å². The normalized spacial score (nSPS) is 10.0. The van der Waals surface area contributed by atoms with Crippen LogP contribution in [0.15, 0.2) is 42.5 Å². The zero-order valence-electron chi connectivity index (χ0n) is 11.1. The molecular weight excluding hydrogens is 310 g/mol. The van der Waals surface area contributed by atoms with Crippen molar-refractivity contribution in [3.05, 3.63) is 68.7 Å². The molecule has 2 aromatic carbocycles. The van der Waals surface area contributed by atoms with E-state index in [2.05, 4.69) is 5.32 Å². The van der Waals surface area contributed by atoms with Crippen molar-refractivity contribution < 1.29 is 14.5 Å². The minimum Gasteiger partial charge on any atom is -0.366 e. The first-order chi connectivity index (χ1) is 10.4. The van der Waals surface area contributed by atoms with Crippen LogP contribution in [-0.4, -0.2) is 16.7 Å². The van der Waals surface area contributed by atoms with Crippen molar-refractivity contribution >= 4 is 34.8 Å². The van der Waals surface area contributed by atoms with Crippen molar-refractivity contribution in [3.63, 3.8) is 0 Å². The Morgan fingerprint density at radius 2 is 1.73 bits per heavy atom. The number of amides is 2. The molecule has 0 aliphatic heterocycles. The summed E-state index contributed by atoms with van der Waals surface area (Å²) >= 11 is 5.76. The zero-order chi connectivity index (χ0) is 16.3. The molecule has 7 nitrogen and oxygen atoms in total. The largest absolute Gasteiger partial charge is 0.366 e. The number of hydrogen-bond donors (Lipinski definition) is 2. The minimum absolute atomic E-state index is 0.0977. The minimum atomic E-state index is -0.761. The van der Waals surface area contributed by atoms with Crippen LogP contribution >= 0.6 is 11.6 Å². The lowest BCUT2D eigenvalue weighted by Crippen LogP contribution is -2.19. The predicted octanol–water partition coefficient (Wildman–Crippen LogP) is 2.60. The Morgan fingerprint density at radius 1 is 1.09 bits per heavy atom. The maximum Gasteiger partial charge on any atom is 0.300 e. The number of nitrogens with two attached hydrogens (primary N) is 1. The molecule has 2 rings (SSSR count). The van der Waals surface area contributed by atoms with Gasteiger partial charge in [-0.05, 0) is 24.3 Å². The van der Waals surface area contributed by atoms with Crippen molar-refractivity contribution in [2.75, 3.05) is 5.32 Å².